The van der Waals surface area contributed by atoms with Crippen molar-refractivity contribution in [1.29, 1.82) is 0 Å². The van der Waals surface area contributed by atoms with E-state index >= 15 is 0 Å². The highest BCUT2D eigenvalue weighted by molar-refractivity contribution is 5.93. The van der Waals surface area contributed by atoms with Gasteiger partial charge in [0.2, 0.25) is 5.95 Å². The van der Waals surface area contributed by atoms with Gasteiger partial charge in [-0.1, -0.05) is 145 Å². The Hall–Kier alpha value is -5.02. The van der Waals surface area contributed by atoms with Crippen LogP contribution in [0.4, 0.5) is 0 Å². The molecule has 1 fully saturated rings. The quantitative estimate of drug-likeness (QED) is 0.0739. The van der Waals surface area contributed by atoms with Crippen LogP contribution in [0, 0.1) is 25.7 Å². The van der Waals surface area contributed by atoms with E-state index in [9.17, 15) is 0 Å². The van der Waals surface area contributed by atoms with Crippen LogP contribution in [0.15, 0.2) is 122 Å². The first-order chi connectivity index (χ1) is 28.3. The lowest BCUT2D eigenvalue weighted by Gasteiger charge is -2.35. The number of aromatic nitrogens is 3. The Morgan fingerprint density at radius 3 is 2.38 bits per heavy atom. The summed E-state index contributed by atoms with van der Waals surface area (Å²) in [5, 5.41) is 1.08. The van der Waals surface area contributed by atoms with Crippen LogP contribution < -0.4 is 0 Å². The zero-order valence-corrected chi connectivity index (χ0v) is 35.8. The number of allylic oxidation sites excluding steroid dienone is 6. The molecule has 3 aromatic carbocycles. The molecule has 0 radical (unpaired) electrons. The molecule has 1 unspecified atom stereocenters. The number of aryl methyl sites for hydroxylation is 2. The Bertz CT molecular complexity index is 2330. The molecule has 3 atom stereocenters. The van der Waals surface area contributed by atoms with E-state index in [-0.39, 0.29) is 0 Å². The van der Waals surface area contributed by atoms with Gasteiger partial charge in [-0.2, -0.15) is 0 Å². The molecule has 2 aliphatic carbocycles. The van der Waals surface area contributed by atoms with E-state index in [1.165, 1.54) is 104 Å². The van der Waals surface area contributed by atoms with Crippen LogP contribution in [0.2, 0.25) is 0 Å². The van der Waals surface area contributed by atoms with E-state index < -0.39 is 0 Å². The van der Waals surface area contributed by atoms with Crippen molar-refractivity contribution in [1.82, 2.24) is 14.5 Å². The molecule has 300 valence electrons. The van der Waals surface area contributed by atoms with Crippen LogP contribution in [-0.2, 0) is 12.8 Å². The van der Waals surface area contributed by atoms with Gasteiger partial charge < -0.3 is 0 Å². The van der Waals surface area contributed by atoms with Crippen molar-refractivity contribution in [3.63, 3.8) is 0 Å². The number of unbranched alkanes of at least 4 members (excludes halogenated alkanes) is 2. The second-order valence-corrected chi connectivity index (χ2v) is 17.1. The SMILES string of the molecule is C=Cc1c([C@H]2CCCCC2C[C@H](/C=C\C(=C)C(=C)/C=C\CCCC)CCC)c2c(n1-c1nc(-c3ccc(-c4ccccc4C)c(C)c3)c3ccccc3n1)CCCC2. The summed E-state index contributed by atoms with van der Waals surface area (Å²) in [5.41, 5.74) is 15.9. The van der Waals surface area contributed by atoms with Crippen molar-refractivity contribution in [2.24, 2.45) is 11.8 Å². The highest BCUT2D eigenvalue weighted by atomic mass is 15.2. The van der Waals surface area contributed by atoms with Crippen LogP contribution in [0.5, 0.6) is 0 Å². The molecule has 58 heavy (non-hydrogen) atoms. The molecule has 0 amide bonds. The summed E-state index contributed by atoms with van der Waals surface area (Å²) in [6.45, 7) is 22.2. The minimum absolute atomic E-state index is 0.499. The predicted molar refractivity (Wildman–Crippen MR) is 250 cm³/mol. The number of hydrogen-bond donors (Lipinski definition) is 0. The van der Waals surface area contributed by atoms with E-state index in [0.717, 1.165) is 58.5 Å². The first kappa shape index (κ1) is 41.2. The number of rotatable bonds is 16. The Kier molecular flexibility index (Phi) is 13.6. The Labute approximate surface area is 349 Å². The van der Waals surface area contributed by atoms with Gasteiger partial charge in [-0.3, -0.25) is 4.57 Å². The smallest absolute Gasteiger partial charge is 0.235 e. The molecule has 2 aliphatic rings. The van der Waals surface area contributed by atoms with E-state index in [1.807, 2.05) is 0 Å². The van der Waals surface area contributed by atoms with Crippen LogP contribution in [0.1, 0.15) is 130 Å². The molecule has 3 heteroatoms. The lowest BCUT2D eigenvalue weighted by Crippen LogP contribution is -2.22. The van der Waals surface area contributed by atoms with Gasteiger partial charge in [0.1, 0.15) is 0 Å². The summed E-state index contributed by atoms with van der Waals surface area (Å²) in [6.07, 6.45) is 28.0. The summed E-state index contributed by atoms with van der Waals surface area (Å²) in [6, 6.07) is 24.0. The third-order valence-electron chi connectivity index (χ3n) is 13.0. The number of benzene rings is 3. The topological polar surface area (TPSA) is 30.7 Å². The first-order valence-corrected chi connectivity index (χ1v) is 22.4. The van der Waals surface area contributed by atoms with Gasteiger partial charge in [-0.25, -0.2) is 9.97 Å². The van der Waals surface area contributed by atoms with E-state index in [1.54, 1.807) is 11.1 Å². The molecule has 1 saturated carbocycles. The maximum Gasteiger partial charge on any atom is 0.235 e. The summed E-state index contributed by atoms with van der Waals surface area (Å²) >= 11 is 0. The van der Waals surface area contributed by atoms with Gasteiger partial charge in [0.15, 0.2) is 0 Å². The van der Waals surface area contributed by atoms with Crippen molar-refractivity contribution < 1.29 is 0 Å². The normalized spacial score (nSPS) is 17.5. The summed E-state index contributed by atoms with van der Waals surface area (Å²) in [5.74, 6) is 2.40. The first-order valence-electron chi connectivity index (χ1n) is 22.4. The van der Waals surface area contributed by atoms with Crippen LogP contribution in [-0.4, -0.2) is 14.5 Å². The van der Waals surface area contributed by atoms with Gasteiger partial charge in [-0.05, 0) is 152 Å². The Morgan fingerprint density at radius 2 is 1.59 bits per heavy atom. The molecule has 7 rings (SSSR count). The number of nitrogens with zero attached hydrogens (tertiary/aromatic N) is 3. The van der Waals surface area contributed by atoms with Gasteiger partial charge in [-0.15, -0.1) is 0 Å². The van der Waals surface area contributed by atoms with Crippen LogP contribution in [0.25, 0.3) is 45.3 Å². The van der Waals surface area contributed by atoms with E-state index in [2.05, 4.69) is 149 Å². The molecule has 0 N–H and O–H groups in total. The second kappa shape index (κ2) is 19.2. The van der Waals surface area contributed by atoms with Gasteiger partial charge in [0.25, 0.3) is 0 Å². The fraction of sp³-hybridized carbons (Fsp3) is 0.382. The summed E-state index contributed by atoms with van der Waals surface area (Å²) in [7, 11) is 0. The van der Waals surface area contributed by atoms with E-state index in [0.29, 0.717) is 17.8 Å². The minimum Gasteiger partial charge on any atom is -0.282 e. The molecule has 3 nitrogen and oxygen atoms in total. The predicted octanol–water partition coefficient (Wildman–Crippen LogP) is 15.4. The summed E-state index contributed by atoms with van der Waals surface area (Å²) < 4.78 is 2.43. The number of fused-ring (bicyclic) bond motifs is 2. The van der Waals surface area contributed by atoms with Crippen molar-refractivity contribution in [3.8, 4) is 28.3 Å². The standard InChI is InChI=1S/C55H65N3/c1-8-11-12-13-23-38(4)39(5)32-33-42(22-9-2)37-43-25-15-17-27-47(43)53-49-29-19-21-31-52(49)58(51(53)10-3)55-56-50-30-20-18-28-48(50)54(57-55)44-34-35-46(41(7)36-44)45-26-16-14-24-40(45)6/h10,13-14,16,18,20,23-24,26,28,30,32-36,42-43,47H,3-5,8-9,11-12,15,17,19,21-22,25,27,29,31,37H2,1-2,6-7H3/b23-13-,33-32-/t42-,43?,47-/m0/s1. The largest absolute Gasteiger partial charge is 0.282 e. The van der Waals surface area contributed by atoms with Crippen molar-refractivity contribution >= 4 is 17.0 Å². The molecular weight excluding hydrogens is 703 g/mol. The van der Waals surface area contributed by atoms with Gasteiger partial charge in [0, 0.05) is 16.6 Å². The van der Waals surface area contributed by atoms with E-state index in [4.69, 9.17) is 9.97 Å². The maximum atomic E-state index is 5.53. The number of hydrogen-bond acceptors (Lipinski definition) is 2. The zero-order valence-electron chi connectivity index (χ0n) is 35.8. The molecule has 0 bridgehead atoms. The minimum atomic E-state index is 0.499. The monoisotopic (exact) mass is 768 g/mol. The van der Waals surface area contributed by atoms with Crippen molar-refractivity contribution in [3.05, 3.63) is 156 Å². The highest BCUT2D eigenvalue weighted by Gasteiger charge is 2.36. The molecule has 0 spiro atoms. The molecule has 0 saturated heterocycles. The average molecular weight is 768 g/mol. The van der Waals surface area contributed by atoms with Crippen LogP contribution in [0.3, 0.4) is 0 Å². The fourth-order valence-corrected chi connectivity index (χ4v) is 10.00. The third-order valence-corrected chi connectivity index (χ3v) is 13.0. The maximum absolute atomic E-state index is 5.53. The zero-order chi connectivity index (χ0) is 40.6. The Morgan fingerprint density at radius 1 is 0.828 bits per heavy atom. The molecule has 2 heterocycles. The number of para-hydroxylation sites is 1. The fourth-order valence-electron chi connectivity index (χ4n) is 10.00. The lowest BCUT2D eigenvalue weighted by molar-refractivity contribution is 0.260. The lowest BCUT2D eigenvalue weighted by atomic mass is 9.69. The van der Waals surface area contributed by atoms with Crippen molar-refractivity contribution in [2.75, 3.05) is 0 Å². The second-order valence-electron chi connectivity index (χ2n) is 17.1. The van der Waals surface area contributed by atoms with Crippen LogP contribution >= 0.6 is 0 Å². The Balaban J connectivity index is 1.27. The molecule has 0 aliphatic heterocycles. The highest BCUT2D eigenvalue weighted by Crippen LogP contribution is 2.48. The van der Waals surface area contributed by atoms with Gasteiger partial charge in [0.05, 0.1) is 16.9 Å². The average Bonchev–Trinajstić information content (AvgIpc) is 3.58. The van der Waals surface area contributed by atoms with Crippen molar-refractivity contribution in [2.45, 2.75) is 124 Å². The third kappa shape index (κ3) is 8.85. The van der Waals surface area contributed by atoms with Gasteiger partial charge >= 0.3 is 0 Å². The summed E-state index contributed by atoms with van der Waals surface area (Å²) in [4.78, 5) is 10.9. The molecule has 5 aromatic rings. The molecular formula is C55H65N3. The molecule has 2 aromatic heterocycles.